The Labute approximate surface area is 112 Å². The summed E-state index contributed by atoms with van der Waals surface area (Å²) >= 11 is 0. The van der Waals surface area contributed by atoms with Gasteiger partial charge >= 0.3 is 0 Å². The molecule has 19 heavy (non-hydrogen) atoms. The largest absolute Gasteiger partial charge is 0.355 e. The lowest BCUT2D eigenvalue weighted by atomic mass is 10.4. The molecule has 0 fully saturated rings. The molecule has 4 N–H and O–H groups in total. The van der Waals surface area contributed by atoms with Gasteiger partial charge in [-0.25, -0.2) is 13.1 Å². The highest BCUT2D eigenvalue weighted by molar-refractivity contribution is 7.89. The van der Waals surface area contributed by atoms with Gasteiger partial charge in [0.1, 0.15) is 4.90 Å². The number of carbonyl (C=O) groups excluding carboxylic acids is 1. The van der Waals surface area contributed by atoms with Gasteiger partial charge in [0.2, 0.25) is 15.9 Å². The van der Waals surface area contributed by atoms with Crippen molar-refractivity contribution in [1.82, 2.24) is 15.0 Å². The molecule has 7 nitrogen and oxygen atoms in total. The minimum Gasteiger partial charge on any atom is -0.355 e. The second-order valence-electron chi connectivity index (χ2n) is 3.86. The fraction of sp³-hybridized carbons (Fsp3) is 0.455. The van der Waals surface area contributed by atoms with Crippen LogP contribution >= 0.6 is 0 Å². The van der Waals surface area contributed by atoms with Gasteiger partial charge in [-0.1, -0.05) is 6.92 Å². The monoisotopic (exact) mass is 286 g/mol. The SMILES string of the molecule is CCCNC(=O)CNS(=O)(=O)c1ccc(CN)nc1. The number of carbonyl (C=O) groups is 1. The van der Waals surface area contributed by atoms with Gasteiger partial charge in [-0.2, -0.15) is 0 Å². The van der Waals surface area contributed by atoms with Crippen molar-refractivity contribution >= 4 is 15.9 Å². The fourth-order valence-corrected chi connectivity index (χ4v) is 2.19. The lowest BCUT2D eigenvalue weighted by Crippen LogP contribution is -2.37. The molecule has 1 aromatic heterocycles. The van der Waals surface area contributed by atoms with Crippen LogP contribution in [0.15, 0.2) is 23.2 Å². The predicted molar refractivity (Wildman–Crippen MR) is 70.6 cm³/mol. The van der Waals surface area contributed by atoms with Crippen LogP contribution in [0.25, 0.3) is 0 Å². The Bertz CT molecular complexity index is 513. The number of rotatable bonds is 7. The number of amides is 1. The Balaban J connectivity index is 2.62. The lowest BCUT2D eigenvalue weighted by Gasteiger charge is -2.07. The average molecular weight is 286 g/mol. The first-order valence-electron chi connectivity index (χ1n) is 5.91. The standard InChI is InChI=1S/C11H18N4O3S/c1-2-5-13-11(16)8-15-19(17,18)10-4-3-9(6-12)14-7-10/h3-4,7,15H,2,5-6,8,12H2,1H3,(H,13,16). The molecule has 0 saturated carbocycles. The first-order valence-corrected chi connectivity index (χ1v) is 7.39. The van der Waals surface area contributed by atoms with Crippen LogP contribution in [-0.2, 0) is 21.4 Å². The quantitative estimate of drug-likeness (QED) is 0.616. The van der Waals surface area contributed by atoms with E-state index in [1.54, 1.807) is 0 Å². The summed E-state index contributed by atoms with van der Waals surface area (Å²) in [6.07, 6.45) is 2.01. The minimum atomic E-state index is -3.72. The summed E-state index contributed by atoms with van der Waals surface area (Å²) < 4.78 is 25.9. The van der Waals surface area contributed by atoms with Crippen LogP contribution in [0.2, 0.25) is 0 Å². The van der Waals surface area contributed by atoms with Crippen molar-refractivity contribution < 1.29 is 13.2 Å². The van der Waals surface area contributed by atoms with Gasteiger partial charge in [0.05, 0.1) is 12.2 Å². The number of nitrogens with zero attached hydrogens (tertiary/aromatic N) is 1. The van der Waals surface area contributed by atoms with E-state index >= 15 is 0 Å². The molecule has 0 spiro atoms. The van der Waals surface area contributed by atoms with Crippen molar-refractivity contribution in [3.05, 3.63) is 24.0 Å². The number of pyridine rings is 1. The molecule has 1 heterocycles. The van der Waals surface area contributed by atoms with Gasteiger partial charge < -0.3 is 11.1 Å². The third kappa shape index (κ3) is 4.93. The zero-order valence-electron chi connectivity index (χ0n) is 10.7. The fourth-order valence-electron chi connectivity index (χ4n) is 1.26. The molecule has 0 radical (unpaired) electrons. The minimum absolute atomic E-state index is 0.00740. The molecule has 0 unspecified atom stereocenters. The molecule has 0 aliphatic rings. The number of nitrogens with one attached hydrogen (secondary N) is 2. The van der Waals surface area contributed by atoms with Crippen LogP contribution in [0.4, 0.5) is 0 Å². The molecular weight excluding hydrogens is 268 g/mol. The van der Waals surface area contributed by atoms with Gasteiger partial charge in [-0.15, -0.1) is 0 Å². The zero-order valence-corrected chi connectivity index (χ0v) is 11.5. The van der Waals surface area contributed by atoms with E-state index in [2.05, 4.69) is 15.0 Å². The van der Waals surface area contributed by atoms with Gasteiger partial charge in [0.25, 0.3) is 0 Å². The summed E-state index contributed by atoms with van der Waals surface area (Å²) in [6.45, 7) is 2.39. The van der Waals surface area contributed by atoms with Crippen molar-refractivity contribution in [2.75, 3.05) is 13.1 Å². The van der Waals surface area contributed by atoms with Gasteiger partial charge in [0.15, 0.2) is 0 Å². The second-order valence-corrected chi connectivity index (χ2v) is 5.63. The maximum Gasteiger partial charge on any atom is 0.242 e. The van der Waals surface area contributed by atoms with E-state index in [0.717, 1.165) is 6.42 Å². The van der Waals surface area contributed by atoms with E-state index in [-0.39, 0.29) is 23.9 Å². The topological polar surface area (TPSA) is 114 Å². The number of aromatic nitrogens is 1. The smallest absolute Gasteiger partial charge is 0.242 e. The molecule has 0 aromatic carbocycles. The van der Waals surface area contributed by atoms with Crippen molar-refractivity contribution in [1.29, 1.82) is 0 Å². The number of nitrogens with two attached hydrogens (primary N) is 1. The van der Waals surface area contributed by atoms with Crippen LogP contribution < -0.4 is 15.8 Å². The normalized spacial score (nSPS) is 11.3. The molecule has 1 aromatic rings. The maximum atomic E-state index is 11.8. The molecule has 0 atom stereocenters. The Morgan fingerprint density at radius 1 is 1.42 bits per heavy atom. The van der Waals surface area contributed by atoms with E-state index in [4.69, 9.17) is 5.73 Å². The molecule has 0 aliphatic heterocycles. The molecule has 0 saturated heterocycles. The van der Waals surface area contributed by atoms with E-state index in [0.29, 0.717) is 12.2 Å². The molecule has 8 heteroatoms. The van der Waals surface area contributed by atoms with Gasteiger partial charge in [-0.3, -0.25) is 9.78 Å². The van der Waals surface area contributed by atoms with Gasteiger partial charge in [-0.05, 0) is 18.6 Å². The van der Waals surface area contributed by atoms with E-state index in [1.165, 1.54) is 18.3 Å². The molecular formula is C11H18N4O3S. The van der Waals surface area contributed by atoms with Gasteiger partial charge in [0, 0.05) is 19.3 Å². The lowest BCUT2D eigenvalue weighted by molar-refractivity contribution is -0.119. The highest BCUT2D eigenvalue weighted by Crippen LogP contribution is 2.07. The average Bonchev–Trinajstić information content (AvgIpc) is 2.43. The zero-order chi connectivity index (χ0) is 14.3. The van der Waals surface area contributed by atoms with Crippen molar-refractivity contribution in [3.8, 4) is 0 Å². The van der Waals surface area contributed by atoms with Crippen molar-refractivity contribution in [2.24, 2.45) is 5.73 Å². The highest BCUT2D eigenvalue weighted by Gasteiger charge is 2.15. The van der Waals surface area contributed by atoms with Crippen LogP contribution in [0.1, 0.15) is 19.0 Å². The molecule has 1 amide bonds. The predicted octanol–water partition coefficient (Wildman–Crippen LogP) is -0.655. The van der Waals surface area contributed by atoms with E-state index in [1.807, 2.05) is 6.92 Å². The van der Waals surface area contributed by atoms with Crippen LogP contribution in [0.5, 0.6) is 0 Å². The summed E-state index contributed by atoms with van der Waals surface area (Å²) in [6, 6.07) is 2.94. The van der Waals surface area contributed by atoms with E-state index < -0.39 is 10.0 Å². The molecule has 0 aliphatic carbocycles. The maximum absolute atomic E-state index is 11.8. The first kappa shape index (κ1) is 15.5. The summed E-state index contributed by atoms with van der Waals surface area (Å²) in [5.41, 5.74) is 5.97. The summed E-state index contributed by atoms with van der Waals surface area (Å²) in [5, 5.41) is 2.58. The number of sulfonamides is 1. The van der Waals surface area contributed by atoms with Crippen LogP contribution in [-0.4, -0.2) is 32.4 Å². The van der Waals surface area contributed by atoms with Crippen LogP contribution in [0.3, 0.4) is 0 Å². The number of hydrogen-bond acceptors (Lipinski definition) is 5. The molecule has 1 rings (SSSR count). The Kier molecular flexibility index (Phi) is 5.87. The summed E-state index contributed by atoms with van der Waals surface area (Å²) in [4.78, 5) is 15.2. The summed E-state index contributed by atoms with van der Waals surface area (Å²) in [7, 11) is -3.72. The van der Waals surface area contributed by atoms with Crippen molar-refractivity contribution in [3.63, 3.8) is 0 Å². The highest BCUT2D eigenvalue weighted by atomic mass is 32.2. The third-order valence-electron chi connectivity index (χ3n) is 2.31. The molecule has 0 bridgehead atoms. The first-order chi connectivity index (χ1) is 8.99. The Morgan fingerprint density at radius 3 is 2.68 bits per heavy atom. The third-order valence-corrected chi connectivity index (χ3v) is 3.70. The number of hydrogen-bond donors (Lipinski definition) is 3. The molecule has 106 valence electrons. The van der Waals surface area contributed by atoms with E-state index in [9.17, 15) is 13.2 Å². The second kappa shape index (κ2) is 7.17. The summed E-state index contributed by atoms with van der Waals surface area (Å²) in [5.74, 6) is -0.364. The Hall–Kier alpha value is -1.51. The Morgan fingerprint density at radius 2 is 2.16 bits per heavy atom. The van der Waals surface area contributed by atoms with Crippen LogP contribution in [0, 0.1) is 0 Å². The van der Waals surface area contributed by atoms with Crippen molar-refractivity contribution in [2.45, 2.75) is 24.8 Å².